The Kier molecular flexibility index (Phi) is 5.90. The topological polar surface area (TPSA) is 26.3 Å². The molecule has 0 N–H and O–H groups in total. The van der Waals surface area contributed by atoms with Gasteiger partial charge in [0.2, 0.25) is 9.76 Å². The Balaban J connectivity index is 3.61. The van der Waals surface area contributed by atoms with Crippen molar-refractivity contribution in [2.75, 3.05) is 0 Å². The third-order valence-corrected chi connectivity index (χ3v) is 3.27. The quantitative estimate of drug-likeness (QED) is 0.527. The molecule has 64 valence electrons. The summed E-state index contributed by atoms with van der Waals surface area (Å²) < 4.78 is 5.31. The summed E-state index contributed by atoms with van der Waals surface area (Å²) in [6.07, 6.45) is 1.02. The highest BCUT2D eigenvalue weighted by Crippen LogP contribution is 2.12. The fourth-order valence-electron chi connectivity index (χ4n) is 0.527. The molecule has 0 saturated heterocycles. The molecule has 0 saturated carbocycles. The Bertz CT molecular complexity index is 128. The summed E-state index contributed by atoms with van der Waals surface area (Å²) in [5.41, 5.74) is -0.0132. The minimum atomic E-state index is -0.0634. The van der Waals surface area contributed by atoms with E-state index in [-0.39, 0.29) is 26.5 Å². The van der Waals surface area contributed by atoms with Crippen LogP contribution in [0.2, 0.25) is 5.54 Å². The second-order valence-corrected chi connectivity index (χ2v) is 4.19. The van der Waals surface area contributed by atoms with Crippen LogP contribution >= 0.6 is 12.6 Å². The van der Waals surface area contributed by atoms with Gasteiger partial charge in [-0.2, -0.15) is 0 Å². The van der Waals surface area contributed by atoms with E-state index in [4.69, 9.17) is 4.43 Å². The monoisotopic (exact) mass is 190 g/mol. The Morgan fingerprint density at radius 2 is 2.18 bits per heavy atom. The molecule has 0 aliphatic heterocycles. The van der Waals surface area contributed by atoms with Crippen LogP contribution in [-0.2, 0) is 9.22 Å². The third-order valence-electron chi connectivity index (χ3n) is 1.15. The molecule has 2 radical (unpaired) electrons. The molecule has 4 heteroatoms. The van der Waals surface area contributed by atoms with Gasteiger partial charge in [0.15, 0.2) is 5.12 Å². The standard InChI is InChI=1S/C7H14O2SSi/c1-4-6(7(8)10)11-9-5(2)3/h5-6H,4H2,1-3H3,(H,8,10). The normalized spacial score (nSPS) is 13.5. The van der Waals surface area contributed by atoms with Crippen molar-refractivity contribution in [3.8, 4) is 0 Å². The SMILES string of the molecule is CCC([Si]OC(C)C)C(=O)S. The molecule has 0 rings (SSSR count). The van der Waals surface area contributed by atoms with Crippen LogP contribution in [0.5, 0.6) is 0 Å². The van der Waals surface area contributed by atoms with Crippen LogP contribution in [0.4, 0.5) is 0 Å². The van der Waals surface area contributed by atoms with Crippen LogP contribution < -0.4 is 0 Å². The summed E-state index contributed by atoms with van der Waals surface area (Å²) in [5, 5.41) is -0.0634. The van der Waals surface area contributed by atoms with Gasteiger partial charge in [0.1, 0.15) is 0 Å². The maximum Gasteiger partial charge on any atom is 0.242 e. The van der Waals surface area contributed by atoms with E-state index < -0.39 is 0 Å². The molecule has 0 aromatic rings. The van der Waals surface area contributed by atoms with E-state index in [1.807, 2.05) is 20.8 Å². The van der Waals surface area contributed by atoms with Gasteiger partial charge in [-0.25, -0.2) is 0 Å². The van der Waals surface area contributed by atoms with Crippen molar-refractivity contribution >= 4 is 27.5 Å². The molecule has 0 fully saturated rings. The number of hydrogen-bond acceptors (Lipinski definition) is 2. The summed E-state index contributed by atoms with van der Waals surface area (Å²) >= 11 is 3.76. The summed E-state index contributed by atoms with van der Waals surface area (Å²) in [6, 6.07) is 0. The van der Waals surface area contributed by atoms with Crippen LogP contribution in [-0.4, -0.2) is 21.0 Å². The Morgan fingerprint density at radius 3 is 2.45 bits per heavy atom. The maximum absolute atomic E-state index is 10.8. The summed E-state index contributed by atoms with van der Waals surface area (Å²) in [4.78, 5) is 10.8. The van der Waals surface area contributed by atoms with Gasteiger partial charge in [-0.1, -0.05) is 6.92 Å². The lowest BCUT2D eigenvalue weighted by atomic mass is 10.4. The van der Waals surface area contributed by atoms with E-state index in [0.29, 0.717) is 0 Å². The minimum Gasteiger partial charge on any atom is -0.414 e. The van der Waals surface area contributed by atoms with Gasteiger partial charge in [-0.15, -0.1) is 12.6 Å². The molecule has 0 heterocycles. The number of thiol groups is 1. The second-order valence-electron chi connectivity index (χ2n) is 2.58. The van der Waals surface area contributed by atoms with Crippen LogP contribution in [0.25, 0.3) is 0 Å². The van der Waals surface area contributed by atoms with Crippen molar-refractivity contribution in [2.24, 2.45) is 0 Å². The van der Waals surface area contributed by atoms with Gasteiger partial charge in [0, 0.05) is 11.6 Å². The molecular formula is C7H14O2SSi. The van der Waals surface area contributed by atoms with Crippen molar-refractivity contribution < 1.29 is 9.22 Å². The summed E-state index contributed by atoms with van der Waals surface area (Å²) in [5.74, 6) is 0. The molecule has 0 aliphatic carbocycles. The highest BCUT2D eigenvalue weighted by atomic mass is 32.1. The minimum absolute atomic E-state index is 0.0132. The van der Waals surface area contributed by atoms with Crippen molar-refractivity contribution in [1.82, 2.24) is 0 Å². The Labute approximate surface area is 76.1 Å². The van der Waals surface area contributed by atoms with E-state index in [1.165, 1.54) is 0 Å². The van der Waals surface area contributed by atoms with Gasteiger partial charge in [-0.05, 0) is 20.3 Å². The number of carbonyl (C=O) groups is 1. The molecule has 0 amide bonds. The van der Waals surface area contributed by atoms with Gasteiger partial charge in [-0.3, -0.25) is 4.79 Å². The van der Waals surface area contributed by atoms with E-state index >= 15 is 0 Å². The fourth-order valence-corrected chi connectivity index (χ4v) is 1.57. The van der Waals surface area contributed by atoms with E-state index in [0.717, 1.165) is 6.42 Å². The Hall–Kier alpha value is 0.197. The van der Waals surface area contributed by atoms with Crippen molar-refractivity contribution in [3.05, 3.63) is 0 Å². The lowest BCUT2D eigenvalue weighted by molar-refractivity contribution is -0.110. The zero-order chi connectivity index (χ0) is 8.85. The largest absolute Gasteiger partial charge is 0.414 e. The van der Waals surface area contributed by atoms with Gasteiger partial charge >= 0.3 is 0 Å². The molecule has 1 atom stereocenters. The maximum atomic E-state index is 10.8. The molecule has 0 bridgehead atoms. The van der Waals surface area contributed by atoms with E-state index in [2.05, 4.69) is 12.6 Å². The first kappa shape index (κ1) is 11.2. The van der Waals surface area contributed by atoms with Crippen molar-refractivity contribution in [3.63, 3.8) is 0 Å². The van der Waals surface area contributed by atoms with Crippen molar-refractivity contribution in [1.29, 1.82) is 0 Å². The van der Waals surface area contributed by atoms with Crippen LogP contribution in [0.15, 0.2) is 0 Å². The smallest absolute Gasteiger partial charge is 0.242 e. The van der Waals surface area contributed by atoms with Gasteiger partial charge in [0.25, 0.3) is 0 Å². The highest BCUT2D eigenvalue weighted by molar-refractivity contribution is 7.96. The number of rotatable bonds is 5. The zero-order valence-corrected chi connectivity index (χ0v) is 9.02. The number of carbonyl (C=O) groups excluding carboxylic acids is 1. The second kappa shape index (κ2) is 5.80. The first-order chi connectivity index (χ1) is 5.07. The number of hydrogen-bond donors (Lipinski definition) is 1. The molecule has 0 aromatic carbocycles. The molecular weight excluding hydrogens is 176 g/mol. The van der Waals surface area contributed by atoms with Crippen LogP contribution in [0.1, 0.15) is 27.2 Å². The molecule has 1 unspecified atom stereocenters. The van der Waals surface area contributed by atoms with Crippen LogP contribution in [0, 0.1) is 0 Å². The summed E-state index contributed by atoms with van der Waals surface area (Å²) in [7, 11) is 0.258. The first-order valence-electron chi connectivity index (χ1n) is 3.71. The van der Waals surface area contributed by atoms with Gasteiger partial charge in [0.05, 0.1) is 0 Å². The zero-order valence-electron chi connectivity index (χ0n) is 7.13. The predicted octanol–water partition coefficient (Wildman–Crippen LogP) is 1.69. The molecule has 0 aromatic heterocycles. The first-order valence-corrected chi connectivity index (χ1v) is 5.15. The summed E-state index contributed by atoms with van der Waals surface area (Å²) in [6.45, 7) is 5.89. The van der Waals surface area contributed by atoms with Crippen LogP contribution in [0.3, 0.4) is 0 Å². The Morgan fingerprint density at radius 1 is 1.64 bits per heavy atom. The molecule has 2 nitrogen and oxygen atoms in total. The lowest BCUT2D eigenvalue weighted by Crippen LogP contribution is -2.16. The molecule has 11 heavy (non-hydrogen) atoms. The predicted molar refractivity (Wildman–Crippen MR) is 50.0 cm³/mol. The average molecular weight is 190 g/mol. The van der Waals surface area contributed by atoms with E-state index in [9.17, 15) is 4.79 Å². The third kappa shape index (κ3) is 5.46. The van der Waals surface area contributed by atoms with Gasteiger partial charge < -0.3 is 4.43 Å². The van der Waals surface area contributed by atoms with E-state index in [1.54, 1.807) is 0 Å². The molecule has 0 aliphatic rings. The molecule has 0 spiro atoms. The highest BCUT2D eigenvalue weighted by Gasteiger charge is 2.15. The fraction of sp³-hybridized carbons (Fsp3) is 0.857. The average Bonchev–Trinajstić information content (AvgIpc) is 1.87. The van der Waals surface area contributed by atoms with Crippen molar-refractivity contribution in [2.45, 2.75) is 38.8 Å². The lowest BCUT2D eigenvalue weighted by Gasteiger charge is -2.11.